The molecule has 1 aliphatic rings. The molecular weight excluding hydrogens is 302 g/mol. The molecule has 1 saturated carbocycles. The first-order chi connectivity index (χ1) is 11.8. The number of nitrogens with one attached hydrogen (secondary N) is 2. The molecule has 0 heterocycles. The van der Waals surface area contributed by atoms with Gasteiger partial charge in [-0.3, -0.25) is 4.99 Å². The predicted molar refractivity (Wildman–Crippen MR) is 99.2 cm³/mol. The Bertz CT molecular complexity index is 525. The van der Waals surface area contributed by atoms with E-state index in [-0.39, 0.29) is 0 Å². The Kier molecular flexibility index (Phi) is 7.72. The molecule has 0 aliphatic heterocycles. The van der Waals surface area contributed by atoms with E-state index in [9.17, 15) is 0 Å². The van der Waals surface area contributed by atoms with Crippen molar-refractivity contribution in [1.82, 2.24) is 10.6 Å². The summed E-state index contributed by atoms with van der Waals surface area (Å²) < 4.78 is 11.0. The fraction of sp³-hybridized carbons (Fsp3) is 0.632. The third-order valence-electron chi connectivity index (χ3n) is 4.38. The van der Waals surface area contributed by atoms with Gasteiger partial charge in [0, 0.05) is 19.6 Å². The minimum absolute atomic E-state index is 0.589. The molecule has 0 bridgehead atoms. The van der Waals surface area contributed by atoms with Gasteiger partial charge in [-0.05, 0) is 50.3 Å². The Morgan fingerprint density at radius 1 is 1.25 bits per heavy atom. The molecule has 1 aromatic rings. The highest BCUT2D eigenvalue weighted by Gasteiger charge is 2.15. The number of benzene rings is 1. The Morgan fingerprint density at radius 3 is 2.71 bits per heavy atom. The van der Waals surface area contributed by atoms with Gasteiger partial charge in [0.05, 0.1) is 13.7 Å². The van der Waals surface area contributed by atoms with E-state index < -0.39 is 0 Å². The molecule has 24 heavy (non-hydrogen) atoms. The maximum Gasteiger partial charge on any atom is 0.191 e. The van der Waals surface area contributed by atoms with Crippen LogP contribution < -0.4 is 20.1 Å². The van der Waals surface area contributed by atoms with Crippen LogP contribution in [-0.4, -0.2) is 39.3 Å². The summed E-state index contributed by atoms with van der Waals surface area (Å²) in [6.07, 6.45) is 7.21. The molecule has 1 fully saturated rings. The molecule has 5 nitrogen and oxygen atoms in total. The van der Waals surface area contributed by atoms with Crippen molar-refractivity contribution in [3.05, 3.63) is 23.8 Å². The van der Waals surface area contributed by atoms with E-state index in [0.29, 0.717) is 12.6 Å². The van der Waals surface area contributed by atoms with Gasteiger partial charge in [-0.2, -0.15) is 0 Å². The van der Waals surface area contributed by atoms with Crippen molar-refractivity contribution >= 4 is 5.96 Å². The number of hydrogen-bond acceptors (Lipinski definition) is 3. The molecule has 0 atom stereocenters. The Morgan fingerprint density at radius 2 is 2.04 bits per heavy atom. The normalized spacial score (nSPS) is 15.4. The Balaban J connectivity index is 1.75. The average Bonchev–Trinajstić information content (AvgIpc) is 3.11. The summed E-state index contributed by atoms with van der Waals surface area (Å²) in [5, 5.41) is 6.92. The van der Waals surface area contributed by atoms with Crippen LogP contribution in [0.5, 0.6) is 11.5 Å². The first kappa shape index (κ1) is 18.4. The van der Waals surface area contributed by atoms with Crippen LogP contribution in [0.15, 0.2) is 23.2 Å². The highest BCUT2D eigenvalue weighted by Crippen LogP contribution is 2.28. The minimum Gasteiger partial charge on any atom is -0.493 e. The van der Waals surface area contributed by atoms with Crippen molar-refractivity contribution in [2.45, 2.75) is 51.5 Å². The van der Waals surface area contributed by atoms with Crippen LogP contribution in [0.4, 0.5) is 0 Å². The summed E-state index contributed by atoms with van der Waals surface area (Å²) in [7, 11) is 3.51. The van der Waals surface area contributed by atoms with Crippen LogP contribution in [0.2, 0.25) is 0 Å². The summed E-state index contributed by atoms with van der Waals surface area (Å²) in [5.74, 6) is 2.54. The van der Waals surface area contributed by atoms with Crippen LogP contribution in [0.25, 0.3) is 0 Å². The van der Waals surface area contributed by atoms with Crippen molar-refractivity contribution in [2.24, 2.45) is 4.99 Å². The Labute approximate surface area is 145 Å². The van der Waals surface area contributed by atoms with Crippen LogP contribution in [-0.2, 0) is 6.42 Å². The topological polar surface area (TPSA) is 54.9 Å². The van der Waals surface area contributed by atoms with Crippen molar-refractivity contribution < 1.29 is 9.47 Å². The SMILES string of the molecule is CCOc1cc(CCCNC(=NC)NC2CCCC2)ccc1OC. The zero-order valence-electron chi connectivity index (χ0n) is 15.2. The van der Waals surface area contributed by atoms with E-state index in [0.717, 1.165) is 36.8 Å². The van der Waals surface area contributed by atoms with Crippen LogP contribution in [0.1, 0.15) is 44.6 Å². The van der Waals surface area contributed by atoms with E-state index in [2.05, 4.69) is 27.8 Å². The predicted octanol–water partition coefficient (Wildman–Crippen LogP) is 3.13. The van der Waals surface area contributed by atoms with Gasteiger partial charge in [0.2, 0.25) is 0 Å². The number of aryl methyl sites for hydroxylation is 1. The summed E-state index contributed by atoms with van der Waals surface area (Å²) in [4.78, 5) is 4.32. The molecule has 5 heteroatoms. The minimum atomic E-state index is 0.589. The quantitative estimate of drug-likeness (QED) is 0.436. The number of nitrogens with zero attached hydrogens (tertiary/aromatic N) is 1. The molecule has 0 saturated heterocycles. The van der Waals surface area contributed by atoms with Gasteiger partial charge in [-0.1, -0.05) is 18.9 Å². The lowest BCUT2D eigenvalue weighted by Gasteiger charge is -2.17. The standard InChI is InChI=1S/C19H31N3O2/c1-4-24-18-14-15(11-12-17(18)23-3)8-7-13-21-19(20-2)22-16-9-5-6-10-16/h11-12,14,16H,4-10,13H2,1-3H3,(H2,20,21,22). The van der Waals surface area contributed by atoms with Crippen LogP contribution in [0.3, 0.4) is 0 Å². The second-order valence-corrected chi connectivity index (χ2v) is 6.15. The lowest BCUT2D eigenvalue weighted by atomic mass is 10.1. The molecular formula is C19H31N3O2. The zero-order valence-corrected chi connectivity index (χ0v) is 15.2. The fourth-order valence-electron chi connectivity index (χ4n) is 3.10. The van der Waals surface area contributed by atoms with E-state index >= 15 is 0 Å². The number of ether oxygens (including phenoxy) is 2. The van der Waals surface area contributed by atoms with Crippen molar-refractivity contribution in [3.8, 4) is 11.5 Å². The van der Waals surface area contributed by atoms with Gasteiger partial charge >= 0.3 is 0 Å². The lowest BCUT2D eigenvalue weighted by Crippen LogP contribution is -2.42. The smallest absolute Gasteiger partial charge is 0.191 e. The van der Waals surface area contributed by atoms with Gasteiger partial charge in [-0.15, -0.1) is 0 Å². The van der Waals surface area contributed by atoms with Gasteiger partial charge in [0.15, 0.2) is 17.5 Å². The number of rotatable bonds is 8. The maximum absolute atomic E-state index is 5.64. The van der Waals surface area contributed by atoms with Gasteiger partial charge in [0.25, 0.3) is 0 Å². The molecule has 2 rings (SSSR count). The second-order valence-electron chi connectivity index (χ2n) is 6.15. The molecule has 2 N–H and O–H groups in total. The van der Waals surface area contributed by atoms with E-state index in [1.807, 2.05) is 20.0 Å². The maximum atomic E-state index is 5.64. The van der Waals surface area contributed by atoms with Crippen LogP contribution >= 0.6 is 0 Å². The molecule has 0 unspecified atom stereocenters. The summed E-state index contributed by atoms with van der Waals surface area (Å²) in [6.45, 7) is 3.53. The number of aliphatic imine (C=N–C) groups is 1. The van der Waals surface area contributed by atoms with E-state index in [1.165, 1.54) is 31.2 Å². The zero-order chi connectivity index (χ0) is 17.2. The average molecular weight is 333 g/mol. The number of hydrogen-bond donors (Lipinski definition) is 2. The first-order valence-electron chi connectivity index (χ1n) is 9.03. The molecule has 0 amide bonds. The van der Waals surface area contributed by atoms with Gasteiger partial charge in [-0.25, -0.2) is 0 Å². The van der Waals surface area contributed by atoms with Crippen LogP contribution in [0, 0.1) is 0 Å². The molecule has 1 aliphatic carbocycles. The fourth-order valence-corrected chi connectivity index (χ4v) is 3.10. The summed E-state index contributed by atoms with van der Waals surface area (Å²) in [5.41, 5.74) is 1.26. The van der Waals surface area contributed by atoms with Crippen molar-refractivity contribution in [2.75, 3.05) is 27.3 Å². The van der Waals surface area contributed by atoms with E-state index in [1.54, 1.807) is 7.11 Å². The monoisotopic (exact) mass is 333 g/mol. The number of methoxy groups -OCH3 is 1. The molecule has 0 aromatic heterocycles. The first-order valence-corrected chi connectivity index (χ1v) is 9.03. The largest absolute Gasteiger partial charge is 0.493 e. The highest BCUT2D eigenvalue weighted by atomic mass is 16.5. The van der Waals surface area contributed by atoms with E-state index in [4.69, 9.17) is 9.47 Å². The second kappa shape index (κ2) is 10.1. The summed E-state index contributed by atoms with van der Waals surface area (Å²) in [6, 6.07) is 6.75. The molecule has 134 valence electrons. The third kappa shape index (κ3) is 5.62. The van der Waals surface area contributed by atoms with Crippen molar-refractivity contribution in [1.29, 1.82) is 0 Å². The van der Waals surface area contributed by atoms with Gasteiger partial charge in [0.1, 0.15) is 0 Å². The number of guanidine groups is 1. The molecule has 1 aromatic carbocycles. The van der Waals surface area contributed by atoms with Crippen molar-refractivity contribution in [3.63, 3.8) is 0 Å². The summed E-state index contributed by atoms with van der Waals surface area (Å²) >= 11 is 0. The third-order valence-corrected chi connectivity index (χ3v) is 4.38. The molecule has 0 radical (unpaired) electrons. The lowest BCUT2D eigenvalue weighted by molar-refractivity contribution is 0.310. The highest BCUT2D eigenvalue weighted by molar-refractivity contribution is 5.79. The molecule has 0 spiro atoms. The Hall–Kier alpha value is -1.91. The van der Waals surface area contributed by atoms with Gasteiger partial charge < -0.3 is 20.1 Å².